The van der Waals surface area contributed by atoms with Crippen LogP contribution in [0.4, 0.5) is 0 Å². The van der Waals surface area contributed by atoms with Crippen LogP contribution in [-0.2, 0) is 5.54 Å². The molecule has 4 aromatic rings. The molecular weight excluding hydrogens is 572 g/mol. The molecule has 1 heterocycles. The fourth-order valence-corrected chi connectivity index (χ4v) is 6.43. The molecule has 0 aromatic heterocycles. The molecule has 2 aliphatic rings. The average molecular weight is 610 g/mol. The maximum Gasteiger partial charge on any atom is 0.324 e. The Morgan fingerprint density at radius 2 is 1.00 bits per heavy atom. The third-order valence-electron chi connectivity index (χ3n) is 7.96. The first-order valence-corrected chi connectivity index (χ1v) is 16.0. The van der Waals surface area contributed by atoms with E-state index in [1.165, 1.54) is 16.7 Å². The quantitative estimate of drug-likeness (QED) is 0.123. The van der Waals surface area contributed by atoms with Crippen molar-refractivity contribution in [2.24, 2.45) is 5.92 Å². The van der Waals surface area contributed by atoms with Gasteiger partial charge in [-0.1, -0.05) is 116 Å². The van der Waals surface area contributed by atoms with Gasteiger partial charge in [-0.15, -0.1) is 0 Å². The molecule has 2 fully saturated rings. The fourth-order valence-electron chi connectivity index (χ4n) is 6.43. The second-order valence-electron chi connectivity index (χ2n) is 10.4. The summed E-state index contributed by atoms with van der Waals surface area (Å²) < 4.78 is 7.27. The molecule has 4 aromatic carbocycles. The van der Waals surface area contributed by atoms with Crippen LogP contribution in [0.3, 0.4) is 0 Å². The molecule has 1 saturated carbocycles. The van der Waals surface area contributed by atoms with Crippen molar-refractivity contribution in [2.75, 3.05) is 6.54 Å². The topological polar surface area (TPSA) is 134 Å². The van der Waals surface area contributed by atoms with Crippen LogP contribution in [0.15, 0.2) is 121 Å². The molecular formula is C32H37NO7P2. The minimum absolute atomic E-state index is 0.266. The predicted molar refractivity (Wildman–Crippen MR) is 165 cm³/mol. The Hall–Kier alpha value is -2.74. The van der Waals surface area contributed by atoms with E-state index >= 15 is 0 Å². The Bertz CT molecular complexity index is 1320. The predicted octanol–water partition coefficient (Wildman–Crippen LogP) is 5.27. The molecule has 222 valence electrons. The normalized spacial score (nSPS) is 24.1. The molecule has 0 amide bonds. The van der Waals surface area contributed by atoms with Gasteiger partial charge in [0.25, 0.3) is 0 Å². The third kappa shape index (κ3) is 6.74. The summed E-state index contributed by atoms with van der Waals surface area (Å²) in [7, 11) is -5.24. The molecule has 6 rings (SSSR count). The van der Waals surface area contributed by atoms with E-state index in [0.717, 1.165) is 12.3 Å². The van der Waals surface area contributed by atoms with Gasteiger partial charge < -0.3 is 34.1 Å². The van der Waals surface area contributed by atoms with E-state index in [2.05, 4.69) is 140 Å². The number of para-hydroxylation sites is 1. The molecule has 0 spiro atoms. The van der Waals surface area contributed by atoms with Gasteiger partial charge in [-0.3, -0.25) is 4.90 Å². The molecule has 6 N–H and O–H groups in total. The summed E-state index contributed by atoms with van der Waals surface area (Å²) in [5.74, 6) is 1.52. The lowest BCUT2D eigenvalue weighted by molar-refractivity contribution is 0.0229. The van der Waals surface area contributed by atoms with E-state index in [-0.39, 0.29) is 5.92 Å². The Kier molecular flexibility index (Phi) is 10.8. The Morgan fingerprint density at radius 3 is 1.38 bits per heavy atom. The third-order valence-corrected chi connectivity index (χ3v) is 7.96. The lowest BCUT2D eigenvalue weighted by Crippen LogP contribution is -2.54. The highest BCUT2D eigenvalue weighted by Gasteiger charge is 2.79. The van der Waals surface area contributed by atoms with Crippen LogP contribution in [0.5, 0.6) is 5.75 Å². The molecule has 1 aliphatic heterocycles. The summed E-state index contributed by atoms with van der Waals surface area (Å²) in [6.45, 7) is 5.76. The standard InChI is InChI=1S/C32H31NO.2H3O3P/c1-24-23-33(24)31(27-17-9-4-10-18-27,28-19-11-5-12-20-28)32(34-29-21-13-6-14-22-29)25(2)30(32)26-15-7-3-8-16-26;2*1-4(2)3/h3-22,24-25,30H,23H2,1-2H3;2*1-3H. The number of benzene rings is 4. The zero-order valence-corrected chi connectivity index (χ0v) is 25.2. The van der Waals surface area contributed by atoms with Gasteiger partial charge in [0.2, 0.25) is 0 Å². The molecule has 42 heavy (non-hydrogen) atoms. The van der Waals surface area contributed by atoms with Gasteiger partial charge in [0.15, 0.2) is 0 Å². The van der Waals surface area contributed by atoms with E-state index < -0.39 is 28.3 Å². The van der Waals surface area contributed by atoms with Crippen LogP contribution < -0.4 is 4.74 Å². The van der Waals surface area contributed by atoms with Gasteiger partial charge in [-0.2, -0.15) is 0 Å². The van der Waals surface area contributed by atoms with Gasteiger partial charge in [0, 0.05) is 24.4 Å². The van der Waals surface area contributed by atoms with Gasteiger partial charge in [0.1, 0.15) is 16.9 Å². The molecule has 1 saturated heterocycles. The van der Waals surface area contributed by atoms with Crippen LogP contribution in [0.2, 0.25) is 0 Å². The second-order valence-corrected chi connectivity index (χ2v) is 11.4. The van der Waals surface area contributed by atoms with Crippen molar-refractivity contribution in [1.82, 2.24) is 4.90 Å². The number of hydrogen-bond donors (Lipinski definition) is 6. The maximum absolute atomic E-state index is 7.27. The van der Waals surface area contributed by atoms with E-state index in [0.29, 0.717) is 12.0 Å². The SMILES string of the molecule is CC1CN1C(c1ccccc1)(c1ccccc1)C1(Oc2ccccc2)C(C)C1c1ccccc1.OP(O)O.OP(O)O. The average Bonchev–Trinajstić information content (AvgIpc) is 3.85. The number of nitrogens with zero attached hydrogens (tertiary/aromatic N) is 1. The van der Waals surface area contributed by atoms with Crippen molar-refractivity contribution in [2.45, 2.75) is 36.9 Å². The summed E-state index contributed by atoms with van der Waals surface area (Å²) in [5.41, 5.74) is 3.07. The first kappa shape index (κ1) is 32.2. The molecule has 1 aliphatic carbocycles. The molecule has 8 nitrogen and oxygen atoms in total. The van der Waals surface area contributed by atoms with Crippen molar-refractivity contribution in [1.29, 1.82) is 0 Å². The highest BCUT2D eigenvalue weighted by molar-refractivity contribution is 7.38. The summed E-state index contributed by atoms with van der Waals surface area (Å²) in [6.07, 6.45) is 0. The number of rotatable bonds is 7. The fraction of sp³-hybridized carbons (Fsp3) is 0.250. The number of hydrogen-bond acceptors (Lipinski definition) is 8. The van der Waals surface area contributed by atoms with Crippen LogP contribution >= 0.6 is 17.2 Å². The van der Waals surface area contributed by atoms with Crippen molar-refractivity contribution < 1.29 is 34.1 Å². The van der Waals surface area contributed by atoms with Crippen molar-refractivity contribution in [3.8, 4) is 5.75 Å². The molecule has 0 radical (unpaired) electrons. The Labute approximate surface area is 249 Å². The number of ether oxygens (including phenoxy) is 1. The molecule has 5 atom stereocenters. The van der Waals surface area contributed by atoms with E-state index in [1.807, 2.05) is 0 Å². The van der Waals surface area contributed by atoms with E-state index in [4.69, 9.17) is 34.1 Å². The highest BCUT2D eigenvalue weighted by atomic mass is 31.2. The van der Waals surface area contributed by atoms with Crippen molar-refractivity contribution >= 4 is 17.2 Å². The Balaban J connectivity index is 0.000000453. The minimum atomic E-state index is -2.62. The van der Waals surface area contributed by atoms with Crippen LogP contribution in [0.25, 0.3) is 0 Å². The zero-order chi connectivity index (χ0) is 30.3. The second kappa shape index (κ2) is 14.2. The van der Waals surface area contributed by atoms with Gasteiger partial charge >= 0.3 is 17.2 Å². The summed E-state index contributed by atoms with van der Waals surface area (Å²) in [4.78, 5) is 46.0. The molecule has 10 heteroatoms. The van der Waals surface area contributed by atoms with E-state index in [1.54, 1.807) is 0 Å². The van der Waals surface area contributed by atoms with Crippen LogP contribution in [0.1, 0.15) is 36.5 Å². The van der Waals surface area contributed by atoms with Gasteiger partial charge in [-0.25, -0.2) is 0 Å². The van der Waals surface area contributed by atoms with Crippen molar-refractivity contribution in [3.05, 3.63) is 138 Å². The summed E-state index contributed by atoms with van der Waals surface area (Å²) >= 11 is 0. The van der Waals surface area contributed by atoms with E-state index in [9.17, 15) is 0 Å². The smallest absolute Gasteiger partial charge is 0.324 e. The molecule has 0 bridgehead atoms. The van der Waals surface area contributed by atoms with Gasteiger partial charge in [0.05, 0.1) is 0 Å². The minimum Gasteiger partial charge on any atom is -0.484 e. The largest absolute Gasteiger partial charge is 0.484 e. The van der Waals surface area contributed by atoms with Crippen LogP contribution in [0, 0.1) is 5.92 Å². The van der Waals surface area contributed by atoms with Gasteiger partial charge in [-0.05, 0) is 35.7 Å². The van der Waals surface area contributed by atoms with Crippen molar-refractivity contribution in [3.63, 3.8) is 0 Å². The summed E-state index contributed by atoms with van der Waals surface area (Å²) in [5, 5.41) is 0. The summed E-state index contributed by atoms with van der Waals surface area (Å²) in [6, 6.07) is 43.9. The first-order chi connectivity index (χ1) is 20.2. The Morgan fingerprint density at radius 1 is 0.643 bits per heavy atom. The highest BCUT2D eigenvalue weighted by Crippen LogP contribution is 2.71. The monoisotopic (exact) mass is 609 g/mol. The lowest BCUT2D eigenvalue weighted by atomic mass is 9.73. The maximum atomic E-state index is 7.27. The first-order valence-electron chi connectivity index (χ1n) is 13.6. The lowest BCUT2D eigenvalue weighted by Gasteiger charge is -2.45. The van der Waals surface area contributed by atoms with Crippen LogP contribution in [-0.4, -0.2) is 52.4 Å². The molecule has 5 unspecified atom stereocenters. The zero-order valence-electron chi connectivity index (χ0n) is 23.4.